The summed E-state index contributed by atoms with van der Waals surface area (Å²) < 4.78 is 0. The maximum absolute atomic E-state index is 8.36. The summed E-state index contributed by atoms with van der Waals surface area (Å²) in [4.78, 5) is 8.36. The molecule has 2 heteroatoms. The molecule has 1 unspecified atom stereocenters. The van der Waals surface area contributed by atoms with Gasteiger partial charge in [-0.25, -0.2) is 0 Å². The predicted molar refractivity (Wildman–Crippen MR) is 40.9 cm³/mol. The lowest BCUT2D eigenvalue weighted by molar-refractivity contribution is -0.122. The first-order valence-electron chi connectivity index (χ1n) is 3.66. The highest BCUT2D eigenvalue weighted by Crippen LogP contribution is 2.53. The van der Waals surface area contributed by atoms with Crippen LogP contribution in [0.25, 0.3) is 0 Å². The van der Waals surface area contributed by atoms with E-state index in [1.807, 2.05) is 0 Å². The quantitative estimate of drug-likeness (QED) is 0.572. The van der Waals surface area contributed by atoms with Crippen molar-refractivity contribution in [2.45, 2.75) is 33.6 Å². The highest BCUT2D eigenvalue weighted by Gasteiger charge is 2.43. The molecule has 1 fully saturated rings. The minimum atomic E-state index is -0.250. The average Bonchev–Trinajstić information content (AvgIpc) is 2.42. The van der Waals surface area contributed by atoms with E-state index in [9.17, 15) is 0 Å². The summed E-state index contributed by atoms with van der Waals surface area (Å²) in [6.07, 6.45) is 2.84. The molecule has 1 aliphatic carbocycles. The highest BCUT2D eigenvalue weighted by atomic mass is 16.3. The summed E-state index contributed by atoms with van der Waals surface area (Å²) in [5.41, 5.74) is 0.717. The van der Waals surface area contributed by atoms with Gasteiger partial charge in [0, 0.05) is 0 Å². The third kappa shape index (κ3) is 2.85. The average molecular weight is 144 g/mol. The molecule has 0 spiro atoms. The number of carbonyl (C=O) groups is 1. The number of carboxylic acid groups (broad SMARTS) is 1. The van der Waals surface area contributed by atoms with Crippen LogP contribution < -0.4 is 0 Å². The van der Waals surface area contributed by atoms with Crippen LogP contribution >= 0.6 is 0 Å². The smallest absolute Gasteiger partial charge is 0.290 e. The zero-order chi connectivity index (χ0) is 8.20. The molecule has 0 aromatic carbocycles. The van der Waals surface area contributed by atoms with Crippen LogP contribution in [0.15, 0.2) is 0 Å². The summed E-state index contributed by atoms with van der Waals surface area (Å²) >= 11 is 0. The molecule has 0 saturated heterocycles. The molecule has 0 heterocycles. The Morgan fingerprint density at radius 1 is 1.70 bits per heavy atom. The Balaban J connectivity index is 0.000000236. The lowest BCUT2D eigenvalue weighted by Gasteiger charge is -1.95. The molecule has 1 N–H and O–H groups in total. The molecular formula is C8H16O2. The second kappa shape index (κ2) is 3.59. The van der Waals surface area contributed by atoms with Gasteiger partial charge >= 0.3 is 0 Å². The van der Waals surface area contributed by atoms with Gasteiger partial charge in [0.1, 0.15) is 0 Å². The van der Waals surface area contributed by atoms with Gasteiger partial charge in [0.25, 0.3) is 6.47 Å². The van der Waals surface area contributed by atoms with Gasteiger partial charge in [0.15, 0.2) is 0 Å². The van der Waals surface area contributed by atoms with Crippen LogP contribution in [-0.4, -0.2) is 11.6 Å². The van der Waals surface area contributed by atoms with E-state index in [1.54, 1.807) is 0 Å². The van der Waals surface area contributed by atoms with Crippen molar-refractivity contribution in [2.75, 3.05) is 0 Å². The molecule has 60 valence electrons. The van der Waals surface area contributed by atoms with Crippen molar-refractivity contribution in [1.82, 2.24) is 0 Å². The number of hydrogen-bond donors (Lipinski definition) is 1. The maximum atomic E-state index is 8.36. The second-order valence-corrected chi connectivity index (χ2v) is 3.40. The lowest BCUT2D eigenvalue weighted by Crippen LogP contribution is -1.86. The summed E-state index contributed by atoms with van der Waals surface area (Å²) in [5, 5.41) is 6.89. The summed E-state index contributed by atoms with van der Waals surface area (Å²) in [6.45, 7) is 6.72. The van der Waals surface area contributed by atoms with Crippen molar-refractivity contribution in [3.8, 4) is 0 Å². The Kier molecular flexibility index (Phi) is 3.40. The first-order valence-corrected chi connectivity index (χ1v) is 3.66. The summed E-state index contributed by atoms with van der Waals surface area (Å²) in [5.74, 6) is 1.05. The van der Waals surface area contributed by atoms with Gasteiger partial charge in [-0.1, -0.05) is 27.2 Å². The Bertz CT molecular complexity index is 108. The Morgan fingerprint density at radius 3 is 2.00 bits per heavy atom. The van der Waals surface area contributed by atoms with E-state index < -0.39 is 0 Å². The first-order chi connectivity index (χ1) is 4.58. The zero-order valence-corrected chi connectivity index (χ0v) is 6.92. The Hall–Kier alpha value is -0.530. The molecule has 0 aliphatic heterocycles. The molecule has 0 amide bonds. The van der Waals surface area contributed by atoms with Crippen molar-refractivity contribution in [3.63, 3.8) is 0 Å². The van der Waals surface area contributed by atoms with Crippen molar-refractivity contribution >= 4 is 6.47 Å². The van der Waals surface area contributed by atoms with Gasteiger partial charge < -0.3 is 5.11 Å². The van der Waals surface area contributed by atoms with Gasteiger partial charge in [-0.05, 0) is 17.8 Å². The fourth-order valence-electron chi connectivity index (χ4n) is 1.27. The standard InChI is InChI=1S/C7H14.CH2O2/c1-4-6-5-7(6,2)3;2-1-3/h6H,4-5H2,1-3H3;1H,(H,2,3). The lowest BCUT2D eigenvalue weighted by atomic mass is 10.1. The maximum Gasteiger partial charge on any atom is 0.290 e. The van der Waals surface area contributed by atoms with Crippen molar-refractivity contribution < 1.29 is 9.90 Å². The van der Waals surface area contributed by atoms with Gasteiger partial charge in [0.2, 0.25) is 0 Å². The van der Waals surface area contributed by atoms with E-state index in [2.05, 4.69) is 20.8 Å². The molecule has 0 radical (unpaired) electrons. The largest absolute Gasteiger partial charge is 0.483 e. The van der Waals surface area contributed by atoms with Crippen LogP contribution in [0.5, 0.6) is 0 Å². The van der Waals surface area contributed by atoms with Crippen LogP contribution in [0.4, 0.5) is 0 Å². The Labute approximate surface area is 62.2 Å². The van der Waals surface area contributed by atoms with Gasteiger partial charge in [0.05, 0.1) is 0 Å². The molecule has 10 heavy (non-hydrogen) atoms. The fraction of sp³-hybridized carbons (Fsp3) is 0.875. The zero-order valence-electron chi connectivity index (χ0n) is 6.92. The van der Waals surface area contributed by atoms with E-state index >= 15 is 0 Å². The van der Waals surface area contributed by atoms with Crippen LogP contribution in [0, 0.1) is 11.3 Å². The normalized spacial score (nSPS) is 26.1. The van der Waals surface area contributed by atoms with Gasteiger partial charge in [-0.3, -0.25) is 4.79 Å². The van der Waals surface area contributed by atoms with Crippen LogP contribution in [0.2, 0.25) is 0 Å². The fourth-order valence-corrected chi connectivity index (χ4v) is 1.27. The van der Waals surface area contributed by atoms with E-state index in [4.69, 9.17) is 9.90 Å². The molecule has 1 rings (SSSR count). The molecule has 0 aromatic heterocycles. The minimum Gasteiger partial charge on any atom is -0.483 e. The second-order valence-electron chi connectivity index (χ2n) is 3.40. The Morgan fingerprint density at radius 2 is 2.00 bits per heavy atom. The number of hydrogen-bond acceptors (Lipinski definition) is 1. The molecule has 2 nitrogen and oxygen atoms in total. The van der Waals surface area contributed by atoms with Crippen molar-refractivity contribution in [2.24, 2.45) is 11.3 Å². The minimum absolute atomic E-state index is 0.250. The van der Waals surface area contributed by atoms with Gasteiger partial charge in [-0.15, -0.1) is 0 Å². The molecular weight excluding hydrogens is 128 g/mol. The van der Waals surface area contributed by atoms with Crippen molar-refractivity contribution in [1.29, 1.82) is 0 Å². The summed E-state index contributed by atoms with van der Waals surface area (Å²) in [7, 11) is 0. The van der Waals surface area contributed by atoms with E-state index in [1.165, 1.54) is 12.8 Å². The van der Waals surface area contributed by atoms with E-state index in [0.717, 1.165) is 11.3 Å². The van der Waals surface area contributed by atoms with Gasteiger partial charge in [-0.2, -0.15) is 0 Å². The third-order valence-electron chi connectivity index (χ3n) is 2.21. The topological polar surface area (TPSA) is 37.3 Å². The molecule has 0 aromatic rings. The molecule has 1 saturated carbocycles. The van der Waals surface area contributed by atoms with Crippen LogP contribution in [-0.2, 0) is 4.79 Å². The monoisotopic (exact) mass is 144 g/mol. The first kappa shape index (κ1) is 9.47. The molecule has 0 bridgehead atoms. The van der Waals surface area contributed by atoms with Crippen LogP contribution in [0.3, 0.4) is 0 Å². The van der Waals surface area contributed by atoms with Crippen LogP contribution in [0.1, 0.15) is 33.6 Å². The van der Waals surface area contributed by atoms with E-state index in [-0.39, 0.29) is 6.47 Å². The van der Waals surface area contributed by atoms with E-state index in [0.29, 0.717) is 0 Å². The third-order valence-corrected chi connectivity index (χ3v) is 2.21. The highest BCUT2D eigenvalue weighted by molar-refractivity contribution is 5.32. The number of rotatable bonds is 1. The molecule has 1 atom stereocenters. The molecule has 1 aliphatic rings. The predicted octanol–water partition coefficient (Wildman–Crippen LogP) is 2.14. The SMILES string of the molecule is CCC1CC1(C)C.O=CO. The summed E-state index contributed by atoms with van der Waals surface area (Å²) in [6, 6.07) is 0. The van der Waals surface area contributed by atoms with Crippen molar-refractivity contribution in [3.05, 3.63) is 0 Å².